The fraction of sp³-hybridized carbons (Fsp3) is 0.0435. The minimum atomic E-state index is -6.09. The first-order chi connectivity index (χ1) is 15.2. The first kappa shape index (κ1) is 24.1. The monoisotopic (exact) mass is 494 g/mol. The van der Waals surface area contributed by atoms with Crippen molar-refractivity contribution in [3.05, 3.63) is 102 Å². The van der Waals surface area contributed by atoms with E-state index in [-0.39, 0.29) is 10.9 Å². The summed E-state index contributed by atoms with van der Waals surface area (Å²) in [4.78, 5) is 5.38. The number of rotatable bonds is 4. The van der Waals surface area contributed by atoms with Crippen molar-refractivity contribution in [1.82, 2.24) is 0 Å². The zero-order chi connectivity index (χ0) is 23.2. The summed E-state index contributed by atoms with van der Waals surface area (Å²) in [5, 5.41) is 2.13. The normalized spacial score (nSPS) is 11.7. The second-order valence-corrected chi connectivity index (χ2v) is 10.7. The van der Waals surface area contributed by atoms with E-state index >= 15 is 0 Å². The Morgan fingerprint density at radius 3 is 1.50 bits per heavy atom. The smallest absolute Gasteiger partial charge is 0.485 e. The van der Waals surface area contributed by atoms with Gasteiger partial charge in [-0.15, -0.1) is 11.3 Å². The van der Waals surface area contributed by atoms with Crippen molar-refractivity contribution in [2.45, 2.75) is 20.2 Å². The molecule has 0 aliphatic heterocycles. The van der Waals surface area contributed by atoms with Crippen molar-refractivity contribution in [2.24, 2.45) is 0 Å². The molecule has 0 radical (unpaired) electrons. The van der Waals surface area contributed by atoms with E-state index in [9.17, 15) is 13.2 Å². The van der Waals surface area contributed by atoms with Gasteiger partial charge in [-0.2, -0.15) is 13.2 Å². The number of benzene rings is 3. The lowest BCUT2D eigenvalue weighted by Gasteiger charge is -2.08. The van der Waals surface area contributed by atoms with E-state index in [1.54, 1.807) is 11.3 Å². The van der Waals surface area contributed by atoms with Crippen molar-refractivity contribution in [3.63, 3.8) is 0 Å². The molecule has 3 nitrogen and oxygen atoms in total. The molecule has 0 aliphatic carbocycles. The van der Waals surface area contributed by atoms with Crippen LogP contribution in [-0.4, -0.2) is 18.5 Å². The van der Waals surface area contributed by atoms with Gasteiger partial charge in [-0.25, -0.2) is 8.42 Å². The Kier molecular flexibility index (Phi) is 7.78. The lowest BCUT2D eigenvalue weighted by Crippen LogP contribution is -2.21. The van der Waals surface area contributed by atoms with E-state index in [1.165, 1.54) is 25.1 Å². The molecular weight excluding hydrogens is 477 g/mol. The van der Waals surface area contributed by atoms with Gasteiger partial charge >= 0.3 is 5.51 Å². The molecule has 1 aromatic heterocycles. The molecule has 4 aromatic rings. The second kappa shape index (κ2) is 10.4. The summed E-state index contributed by atoms with van der Waals surface area (Å²) < 4.78 is 58.9. The molecule has 0 amide bonds. The van der Waals surface area contributed by atoms with Crippen LogP contribution in [0.5, 0.6) is 0 Å². The van der Waals surface area contributed by atoms with Crippen molar-refractivity contribution >= 4 is 32.3 Å². The first-order valence-corrected chi connectivity index (χ1v) is 12.7. The van der Waals surface area contributed by atoms with E-state index in [0.29, 0.717) is 0 Å². The van der Waals surface area contributed by atoms with Gasteiger partial charge in [0.25, 0.3) is 0 Å². The zero-order valence-electron chi connectivity index (χ0n) is 16.4. The van der Waals surface area contributed by atoms with Crippen LogP contribution in [0.15, 0.2) is 117 Å². The Morgan fingerprint density at radius 2 is 1.12 bits per heavy atom. The van der Waals surface area contributed by atoms with Crippen molar-refractivity contribution in [2.75, 3.05) is 0 Å². The minimum Gasteiger partial charge on any atom is -0.741 e. The number of thiophene rings is 1. The average molecular weight is 495 g/mol. The van der Waals surface area contributed by atoms with Crippen LogP contribution < -0.4 is 0 Å². The summed E-state index contributed by atoms with van der Waals surface area (Å²) in [5.41, 5.74) is -4.36. The Labute approximate surface area is 191 Å². The summed E-state index contributed by atoms with van der Waals surface area (Å²) in [7, 11) is -6.16. The average Bonchev–Trinajstić information content (AvgIpc) is 3.30. The molecule has 0 aliphatic rings. The number of alkyl halides is 3. The van der Waals surface area contributed by atoms with Gasteiger partial charge in [0.05, 0.1) is 10.9 Å². The van der Waals surface area contributed by atoms with Crippen LogP contribution in [0.4, 0.5) is 13.2 Å². The van der Waals surface area contributed by atoms with E-state index in [0.717, 1.165) is 0 Å². The maximum atomic E-state index is 10.7. The molecule has 0 N–H and O–H groups in total. The van der Waals surface area contributed by atoms with Crippen LogP contribution >= 0.6 is 11.3 Å². The van der Waals surface area contributed by atoms with Crippen LogP contribution in [0.2, 0.25) is 0 Å². The van der Waals surface area contributed by atoms with Gasteiger partial charge in [-0.05, 0) is 65.5 Å². The van der Waals surface area contributed by atoms with Crippen molar-refractivity contribution in [3.8, 4) is 10.4 Å². The molecule has 0 spiro atoms. The Morgan fingerprint density at radius 1 is 0.688 bits per heavy atom. The Hall–Kier alpha value is -2.59. The van der Waals surface area contributed by atoms with Crippen LogP contribution in [0.3, 0.4) is 0 Å². The quantitative estimate of drug-likeness (QED) is 0.183. The molecule has 0 saturated heterocycles. The van der Waals surface area contributed by atoms with E-state index in [1.807, 2.05) is 0 Å². The third-order valence-corrected chi connectivity index (χ3v) is 7.85. The molecule has 4 rings (SSSR count). The minimum absolute atomic E-state index is 0.0663. The van der Waals surface area contributed by atoms with Gasteiger partial charge in [0, 0.05) is 4.88 Å². The Bertz CT molecular complexity index is 1170. The second-order valence-electron chi connectivity index (χ2n) is 6.33. The van der Waals surface area contributed by atoms with Crippen LogP contribution in [-0.2, 0) is 21.0 Å². The molecule has 0 saturated carbocycles. The highest BCUT2D eigenvalue weighted by Crippen LogP contribution is 2.33. The van der Waals surface area contributed by atoms with Crippen LogP contribution in [0.1, 0.15) is 0 Å². The zero-order valence-corrected chi connectivity index (χ0v) is 18.8. The molecule has 3 aromatic carbocycles. The maximum absolute atomic E-state index is 10.7. The molecular formula is C23H17F3O3S3. The highest BCUT2D eigenvalue weighted by atomic mass is 32.2. The van der Waals surface area contributed by atoms with Gasteiger partial charge in [0.2, 0.25) is 0 Å². The molecule has 32 heavy (non-hydrogen) atoms. The lowest BCUT2D eigenvalue weighted by molar-refractivity contribution is -0.0517. The SMILES string of the molecule is O=S(=O)([O-])C(F)(F)F.c1ccc([S+](c2ccccc2)c2ccc(-c3cccs3)cc2)cc1. The molecule has 0 unspecified atom stereocenters. The molecule has 166 valence electrons. The summed E-state index contributed by atoms with van der Waals surface area (Å²) in [6.45, 7) is 0. The molecule has 9 heteroatoms. The number of halogens is 3. The predicted molar refractivity (Wildman–Crippen MR) is 121 cm³/mol. The number of hydrogen-bond donors (Lipinski definition) is 0. The third kappa shape index (κ3) is 6.23. The molecule has 0 fully saturated rings. The fourth-order valence-electron chi connectivity index (χ4n) is 2.72. The van der Waals surface area contributed by atoms with Crippen molar-refractivity contribution < 1.29 is 26.1 Å². The highest BCUT2D eigenvalue weighted by molar-refractivity contribution is 7.97. The van der Waals surface area contributed by atoms with Crippen LogP contribution in [0, 0.1) is 0 Å². The lowest BCUT2D eigenvalue weighted by atomic mass is 10.2. The summed E-state index contributed by atoms with van der Waals surface area (Å²) in [6, 6.07) is 34.9. The van der Waals surface area contributed by atoms with Gasteiger partial charge in [0.15, 0.2) is 24.8 Å². The van der Waals surface area contributed by atoms with E-state index in [4.69, 9.17) is 13.0 Å². The summed E-state index contributed by atoms with van der Waals surface area (Å²) in [6.07, 6.45) is 0. The van der Waals surface area contributed by atoms with Crippen LogP contribution in [0.25, 0.3) is 10.4 Å². The maximum Gasteiger partial charge on any atom is 0.485 e. The fourth-order valence-corrected chi connectivity index (χ4v) is 5.54. The van der Waals surface area contributed by atoms with Gasteiger partial charge < -0.3 is 4.55 Å². The first-order valence-electron chi connectivity index (χ1n) is 9.17. The molecule has 0 bridgehead atoms. The number of hydrogen-bond acceptors (Lipinski definition) is 4. The van der Waals surface area contributed by atoms with E-state index < -0.39 is 15.6 Å². The summed E-state index contributed by atoms with van der Waals surface area (Å²) in [5.74, 6) is 0. The highest BCUT2D eigenvalue weighted by Gasteiger charge is 2.37. The van der Waals surface area contributed by atoms with E-state index in [2.05, 4.69) is 102 Å². The van der Waals surface area contributed by atoms with Crippen molar-refractivity contribution in [1.29, 1.82) is 0 Å². The standard InChI is InChI=1S/C22H17S2.CHF3O3S/c1-3-8-19(9-4-1)24(20-10-5-2-6-11-20)21-15-13-18(14-16-21)22-12-7-17-23-22;2-1(3,4)8(5,6)7/h1-17H;(H,5,6,7)/q+1;/p-1. The topological polar surface area (TPSA) is 57.2 Å². The predicted octanol–water partition coefficient (Wildman–Crippen LogP) is 6.56. The van der Waals surface area contributed by atoms with Gasteiger partial charge in [-0.3, -0.25) is 0 Å². The van der Waals surface area contributed by atoms with Gasteiger partial charge in [-0.1, -0.05) is 42.5 Å². The van der Waals surface area contributed by atoms with Gasteiger partial charge in [0.1, 0.15) is 0 Å². The summed E-state index contributed by atoms with van der Waals surface area (Å²) >= 11 is 1.79. The Balaban J connectivity index is 0.000000312. The molecule has 1 heterocycles. The largest absolute Gasteiger partial charge is 0.741 e. The molecule has 0 atom stereocenters. The third-order valence-electron chi connectivity index (χ3n) is 4.14.